The molecule has 0 radical (unpaired) electrons. The van der Waals surface area contributed by atoms with Gasteiger partial charge in [-0.1, -0.05) is 34.1 Å². The van der Waals surface area contributed by atoms with E-state index in [1.807, 2.05) is 31.2 Å². The van der Waals surface area contributed by atoms with Crippen LogP contribution in [0.25, 0.3) is 22.4 Å². The maximum Gasteiger partial charge on any atom is 0.238 e. The summed E-state index contributed by atoms with van der Waals surface area (Å²) in [6.45, 7) is 1.97. The molecule has 1 heterocycles. The Morgan fingerprint density at radius 1 is 1.08 bits per heavy atom. The molecule has 0 atom stereocenters. The number of halogens is 2. The molecule has 3 rings (SSSR count). The van der Waals surface area contributed by atoms with Gasteiger partial charge in [-0.25, -0.2) is 17.9 Å². The molecule has 0 aliphatic rings. The molecule has 4 nitrogen and oxygen atoms in total. The Morgan fingerprint density at radius 2 is 1.84 bits per heavy atom. The van der Waals surface area contributed by atoms with Crippen LogP contribution >= 0.6 is 15.9 Å². The number of nitrogens with two attached hydrogens (primary N) is 1. The number of nitrogens with zero attached hydrogens (tertiary/aromatic N) is 1. The van der Waals surface area contributed by atoms with Crippen molar-refractivity contribution in [2.75, 3.05) is 0 Å². The molecule has 0 amide bonds. The fraction of sp³-hybridized carbons (Fsp3) is 0.0556. The second-order valence-corrected chi connectivity index (χ2v) is 7.97. The molecular weight excluding hydrogens is 407 g/mol. The SMILES string of the molecule is Cc1ccc(-c2cccnc2-c2cc(S(N)(=O)=O)ccc2F)cc1Br. The third kappa shape index (κ3) is 3.63. The van der Waals surface area contributed by atoms with Crippen molar-refractivity contribution in [1.29, 1.82) is 0 Å². The minimum absolute atomic E-state index is 0.0822. The number of benzene rings is 2. The Labute approximate surface area is 153 Å². The van der Waals surface area contributed by atoms with Crippen LogP contribution in [-0.4, -0.2) is 13.4 Å². The number of aryl methyl sites for hydroxylation is 1. The van der Waals surface area contributed by atoms with Gasteiger partial charge in [0.1, 0.15) is 5.82 Å². The Balaban J connectivity index is 2.25. The highest BCUT2D eigenvalue weighted by atomic mass is 79.9. The van der Waals surface area contributed by atoms with Gasteiger partial charge in [0.2, 0.25) is 10.0 Å². The number of hydrogen-bond acceptors (Lipinski definition) is 3. The van der Waals surface area contributed by atoms with E-state index < -0.39 is 15.8 Å². The molecule has 0 saturated heterocycles. The fourth-order valence-corrected chi connectivity index (χ4v) is 3.39. The highest BCUT2D eigenvalue weighted by Gasteiger charge is 2.17. The first kappa shape index (κ1) is 17.7. The molecule has 1 aromatic heterocycles. The van der Waals surface area contributed by atoms with Crippen LogP contribution in [0.1, 0.15) is 5.56 Å². The Bertz CT molecular complexity index is 1070. The van der Waals surface area contributed by atoms with Crippen LogP contribution in [-0.2, 0) is 10.0 Å². The lowest BCUT2D eigenvalue weighted by molar-refractivity contribution is 0.596. The van der Waals surface area contributed by atoms with Crippen molar-refractivity contribution in [3.05, 3.63) is 70.6 Å². The van der Waals surface area contributed by atoms with Crippen molar-refractivity contribution < 1.29 is 12.8 Å². The Morgan fingerprint density at radius 3 is 2.52 bits per heavy atom. The first-order valence-electron chi connectivity index (χ1n) is 7.31. The van der Waals surface area contributed by atoms with E-state index in [9.17, 15) is 12.8 Å². The summed E-state index contributed by atoms with van der Waals surface area (Å²) < 4.78 is 38.5. The van der Waals surface area contributed by atoms with Gasteiger partial charge < -0.3 is 0 Å². The summed E-state index contributed by atoms with van der Waals surface area (Å²) in [4.78, 5) is 4.11. The zero-order valence-electron chi connectivity index (χ0n) is 13.2. The molecule has 2 aromatic carbocycles. The quantitative estimate of drug-likeness (QED) is 0.687. The second-order valence-electron chi connectivity index (χ2n) is 5.55. The lowest BCUT2D eigenvalue weighted by Crippen LogP contribution is -2.12. The van der Waals surface area contributed by atoms with Crippen LogP contribution in [0, 0.1) is 12.7 Å². The number of aromatic nitrogens is 1. The molecule has 0 spiro atoms. The van der Waals surface area contributed by atoms with E-state index in [1.54, 1.807) is 6.07 Å². The van der Waals surface area contributed by atoms with E-state index in [2.05, 4.69) is 20.9 Å². The minimum atomic E-state index is -3.94. The van der Waals surface area contributed by atoms with Crippen LogP contribution in [0.15, 0.2) is 64.1 Å². The van der Waals surface area contributed by atoms with Gasteiger partial charge in [-0.2, -0.15) is 0 Å². The predicted molar refractivity (Wildman–Crippen MR) is 98.9 cm³/mol. The molecule has 0 bridgehead atoms. The van der Waals surface area contributed by atoms with Crippen LogP contribution in [0.5, 0.6) is 0 Å². The van der Waals surface area contributed by atoms with Crippen molar-refractivity contribution in [3.8, 4) is 22.4 Å². The van der Waals surface area contributed by atoms with Gasteiger partial charge >= 0.3 is 0 Å². The number of hydrogen-bond donors (Lipinski definition) is 1. The van der Waals surface area contributed by atoms with Gasteiger partial charge in [-0.3, -0.25) is 4.98 Å². The maximum absolute atomic E-state index is 14.4. The second kappa shape index (κ2) is 6.67. The van der Waals surface area contributed by atoms with E-state index in [4.69, 9.17) is 5.14 Å². The molecule has 0 fully saturated rings. The topological polar surface area (TPSA) is 73.0 Å². The number of rotatable bonds is 3. The summed E-state index contributed by atoms with van der Waals surface area (Å²) in [6.07, 6.45) is 1.53. The van der Waals surface area contributed by atoms with E-state index >= 15 is 0 Å². The maximum atomic E-state index is 14.4. The summed E-state index contributed by atoms with van der Waals surface area (Å²) in [5.41, 5.74) is 3.02. The Kier molecular flexibility index (Phi) is 4.73. The van der Waals surface area contributed by atoms with Gasteiger partial charge in [-0.05, 0) is 48.4 Å². The van der Waals surface area contributed by atoms with Crippen molar-refractivity contribution in [3.63, 3.8) is 0 Å². The van der Waals surface area contributed by atoms with Crippen LogP contribution in [0.4, 0.5) is 4.39 Å². The van der Waals surface area contributed by atoms with Gasteiger partial charge in [0.05, 0.1) is 10.6 Å². The average molecular weight is 421 g/mol. The molecule has 7 heteroatoms. The zero-order chi connectivity index (χ0) is 18.2. The summed E-state index contributed by atoms with van der Waals surface area (Å²) in [5, 5.41) is 5.16. The zero-order valence-corrected chi connectivity index (χ0v) is 15.6. The van der Waals surface area contributed by atoms with Gasteiger partial charge in [-0.15, -0.1) is 0 Å². The molecule has 25 heavy (non-hydrogen) atoms. The minimum Gasteiger partial charge on any atom is -0.255 e. The molecular formula is C18H14BrFN2O2S. The molecule has 3 aromatic rings. The highest BCUT2D eigenvalue weighted by molar-refractivity contribution is 9.10. The van der Waals surface area contributed by atoms with Crippen LogP contribution in [0.3, 0.4) is 0 Å². The average Bonchev–Trinajstić information content (AvgIpc) is 2.57. The van der Waals surface area contributed by atoms with Gasteiger partial charge in [0.25, 0.3) is 0 Å². The van der Waals surface area contributed by atoms with Gasteiger partial charge in [0, 0.05) is 21.8 Å². The third-order valence-electron chi connectivity index (χ3n) is 3.81. The molecule has 0 aliphatic heterocycles. The lowest BCUT2D eigenvalue weighted by Gasteiger charge is -2.12. The molecule has 0 aliphatic carbocycles. The standard InChI is InChI=1S/C18H14BrFN2O2S/c1-11-4-5-12(9-16(11)19)14-3-2-8-22-18(14)15-10-13(25(21,23)24)6-7-17(15)20/h2-10H,1H3,(H2,21,23,24). The third-order valence-corrected chi connectivity index (χ3v) is 5.58. The predicted octanol–water partition coefficient (Wildman–Crippen LogP) is 4.27. The van der Waals surface area contributed by atoms with E-state index in [0.29, 0.717) is 11.3 Å². The van der Waals surface area contributed by atoms with Crippen molar-refractivity contribution in [2.24, 2.45) is 5.14 Å². The molecule has 128 valence electrons. The monoisotopic (exact) mass is 420 g/mol. The molecule has 0 saturated carbocycles. The van der Waals surface area contributed by atoms with Crippen molar-refractivity contribution in [1.82, 2.24) is 4.98 Å². The number of primary sulfonamides is 1. The normalized spacial score (nSPS) is 11.5. The van der Waals surface area contributed by atoms with E-state index in [0.717, 1.165) is 27.7 Å². The first-order valence-corrected chi connectivity index (χ1v) is 9.65. The molecule has 2 N–H and O–H groups in total. The highest BCUT2D eigenvalue weighted by Crippen LogP contribution is 2.34. The summed E-state index contributed by atoms with van der Waals surface area (Å²) in [5.74, 6) is -0.571. The Hall–Kier alpha value is -2.09. The summed E-state index contributed by atoms with van der Waals surface area (Å²) >= 11 is 3.49. The lowest BCUT2D eigenvalue weighted by atomic mass is 9.98. The van der Waals surface area contributed by atoms with Crippen LogP contribution in [0.2, 0.25) is 0 Å². The van der Waals surface area contributed by atoms with E-state index in [1.165, 1.54) is 12.3 Å². The first-order chi connectivity index (χ1) is 11.8. The largest absolute Gasteiger partial charge is 0.255 e. The number of pyridine rings is 1. The summed E-state index contributed by atoms with van der Waals surface area (Å²) in [7, 11) is -3.94. The fourth-order valence-electron chi connectivity index (χ4n) is 2.48. The van der Waals surface area contributed by atoms with Crippen molar-refractivity contribution in [2.45, 2.75) is 11.8 Å². The van der Waals surface area contributed by atoms with Crippen molar-refractivity contribution >= 4 is 26.0 Å². The smallest absolute Gasteiger partial charge is 0.238 e. The molecule has 0 unspecified atom stereocenters. The van der Waals surface area contributed by atoms with Crippen LogP contribution < -0.4 is 5.14 Å². The van der Waals surface area contributed by atoms with Gasteiger partial charge in [0.15, 0.2) is 0 Å². The number of sulfonamides is 1. The van der Waals surface area contributed by atoms with E-state index in [-0.39, 0.29) is 10.5 Å². The summed E-state index contributed by atoms with van der Waals surface area (Å²) in [6, 6.07) is 12.7.